The van der Waals surface area contributed by atoms with Gasteiger partial charge < -0.3 is 5.32 Å². The van der Waals surface area contributed by atoms with Gasteiger partial charge in [-0.25, -0.2) is 0 Å². The van der Waals surface area contributed by atoms with Crippen LogP contribution in [0.5, 0.6) is 0 Å². The molecule has 1 aromatic heterocycles. The van der Waals surface area contributed by atoms with E-state index in [1.807, 2.05) is 30.3 Å². The van der Waals surface area contributed by atoms with E-state index in [0.29, 0.717) is 0 Å². The topological polar surface area (TPSA) is 42.0 Å². The second-order valence-electron chi connectivity index (χ2n) is 5.30. The van der Waals surface area contributed by atoms with Crippen molar-refractivity contribution in [1.29, 1.82) is 0 Å². The quantitative estimate of drug-likeness (QED) is 0.856. The maximum Gasteiger partial charge on any atom is 0.170 e. The van der Waals surface area contributed by atoms with Crippen LogP contribution in [0.4, 0.5) is 0 Å². The van der Waals surface area contributed by atoms with E-state index in [0.717, 1.165) is 42.4 Å². The molecule has 1 unspecified atom stereocenters. The van der Waals surface area contributed by atoms with Crippen LogP contribution in [-0.2, 0) is 0 Å². The van der Waals surface area contributed by atoms with E-state index in [-0.39, 0.29) is 11.2 Å². The molecule has 0 radical (unpaired) electrons. The average Bonchev–Trinajstić information content (AvgIpc) is 2.96. The maximum atomic E-state index is 12.8. The van der Waals surface area contributed by atoms with Gasteiger partial charge in [-0.15, -0.1) is 0 Å². The summed E-state index contributed by atoms with van der Waals surface area (Å²) >= 11 is 0. The lowest BCUT2D eigenvalue weighted by Crippen LogP contribution is -2.32. The van der Waals surface area contributed by atoms with Crippen molar-refractivity contribution in [2.45, 2.75) is 19.8 Å². The molecule has 19 heavy (non-hydrogen) atoms. The Morgan fingerprint density at radius 2 is 2.32 bits per heavy atom. The maximum absolute atomic E-state index is 12.8. The molecule has 1 N–H and O–H groups in total. The molecule has 3 nitrogen and oxygen atoms in total. The summed E-state index contributed by atoms with van der Waals surface area (Å²) < 4.78 is 0. The zero-order chi connectivity index (χ0) is 13.3. The summed E-state index contributed by atoms with van der Waals surface area (Å²) in [5, 5.41) is 4.35. The Labute approximate surface area is 113 Å². The molecule has 1 aliphatic heterocycles. The van der Waals surface area contributed by atoms with Crippen molar-refractivity contribution in [3.05, 3.63) is 42.1 Å². The highest BCUT2D eigenvalue weighted by atomic mass is 16.1. The van der Waals surface area contributed by atoms with Crippen LogP contribution >= 0.6 is 0 Å². The summed E-state index contributed by atoms with van der Waals surface area (Å²) in [5.41, 5.74) is 1.54. The predicted octanol–water partition coefficient (Wildman–Crippen LogP) is 2.81. The van der Waals surface area contributed by atoms with Gasteiger partial charge in [0.15, 0.2) is 5.78 Å². The minimum Gasteiger partial charge on any atom is -0.316 e. The Hall–Kier alpha value is -1.74. The van der Waals surface area contributed by atoms with E-state index >= 15 is 0 Å². The molecule has 98 valence electrons. The van der Waals surface area contributed by atoms with Gasteiger partial charge in [-0.3, -0.25) is 9.78 Å². The van der Waals surface area contributed by atoms with E-state index in [4.69, 9.17) is 0 Å². The molecule has 1 aromatic carbocycles. The second kappa shape index (κ2) is 4.74. The normalized spacial score (nSPS) is 22.8. The third kappa shape index (κ3) is 2.04. The number of carbonyl (C=O) groups is 1. The molecule has 0 saturated carbocycles. The first-order valence-electron chi connectivity index (χ1n) is 6.85. The smallest absolute Gasteiger partial charge is 0.170 e. The third-order valence-electron chi connectivity index (χ3n) is 4.27. The molecule has 0 aliphatic carbocycles. The zero-order valence-corrected chi connectivity index (χ0v) is 11.1. The van der Waals surface area contributed by atoms with Crippen molar-refractivity contribution in [2.24, 2.45) is 5.41 Å². The van der Waals surface area contributed by atoms with E-state index in [1.165, 1.54) is 0 Å². The summed E-state index contributed by atoms with van der Waals surface area (Å²) in [6.45, 7) is 3.84. The molecule has 3 heteroatoms. The molecular weight excluding hydrogens is 236 g/mol. The van der Waals surface area contributed by atoms with Crippen LogP contribution in [0.2, 0.25) is 0 Å². The third-order valence-corrected chi connectivity index (χ3v) is 4.27. The van der Waals surface area contributed by atoms with Gasteiger partial charge in [-0.1, -0.05) is 13.0 Å². The number of carbonyl (C=O) groups excluding carboxylic acids is 1. The van der Waals surface area contributed by atoms with Crippen LogP contribution < -0.4 is 5.32 Å². The number of Topliss-reactive ketones (excluding diaryl/α,β-unsaturated/α-hetero) is 1. The van der Waals surface area contributed by atoms with Crippen molar-refractivity contribution < 1.29 is 4.79 Å². The molecule has 1 fully saturated rings. The average molecular weight is 254 g/mol. The number of hydrogen-bond donors (Lipinski definition) is 1. The standard InChI is InChI=1S/C16H18N2O/c1-2-16(7-9-17-11-16)15(19)13-5-6-14-12(10-13)4-3-8-18-14/h3-6,8,10,17H,2,7,9,11H2,1H3. The van der Waals surface area contributed by atoms with Crippen LogP contribution in [-0.4, -0.2) is 23.9 Å². The highest BCUT2D eigenvalue weighted by Gasteiger charge is 2.39. The highest BCUT2D eigenvalue weighted by molar-refractivity contribution is 6.03. The van der Waals surface area contributed by atoms with Gasteiger partial charge in [0.25, 0.3) is 0 Å². The fourth-order valence-electron chi connectivity index (χ4n) is 2.92. The van der Waals surface area contributed by atoms with E-state index in [9.17, 15) is 4.79 Å². The number of aromatic nitrogens is 1. The summed E-state index contributed by atoms with van der Waals surface area (Å²) in [6.07, 6.45) is 3.61. The number of hydrogen-bond acceptors (Lipinski definition) is 3. The summed E-state index contributed by atoms with van der Waals surface area (Å²) in [5.74, 6) is 0.269. The van der Waals surface area contributed by atoms with Crippen molar-refractivity contribution >= 4 is 16.7 Å². The van der Waals surface area contributed by atoms with Gasteiger partial charge in [0.1, 0.15) is 0 Å². The number of nitrogens with one attached hydrogen (secondary N) is 1. The zero-order valence-electron chi connectivity index (χ0n) is 11.1. The van der Waals surface area contributed by atoms with E-state index < -0.39 is 0 Å². The van der Waals surface area contributed by atoms with Gasteiger partial charge >= 0.3 is 0 Å². The number of fused-ring (bicyclic) bond motifs is 1. The molecule has 0 spiro atoms. The molecule has 1 aliphatic rings. The lowest BCUT2D eigenvalue weighted by molar-refractivity contribution is 0.0810. The van der Waals surface area contributed by atoms with Crippen LogP contribution in [0.25, 0.3) is 10.9 Å². The summed E-state index contributed by atoms with van der Waals surface area (Å²) in [7, 11) is 0. The highest BCUT2D eigenvalue weighted by Crippen LogP contribution is 2.34. The molecule has 1 atom stereocenters. The molecule has 0 bridgehead atoms. The second-order valence-corrected chi connectivity index (χ2v) is 5.30. The Balaban J connectivity index is 2.01. The summed E-state index contributed by atoms with van der Waals surface area (Å²) in [4.78, 5) is 17.1. The number of rotatable bonds is 3. The Bertz CT molecular complexity index is 615. The Morgan fingerprint density at radius 1 is 1.42 bits per heavy atom. The van der Waals surface area contributed by atoms with Crippen LogP contribution in [0.15, 0.2) is 36.5 Å². The fraction of sp³-hybridized carbons (Fsp3) is 0.375. The minimum absolute atomic E-state index is 0.212. The Morgan fingerprint density at radius 3 is 3.05 bits per heavy atom. The number of benzene rings is 1. The van der Waals surface area contributed by atoms with Crippen molar-refractivity contribution in [2.75, 3.05) is 13.1 Å². The minimum atomic E-state index is -0.212. The molecule has 2 heterocycles. The van der Waals surface area contributed by atoms with Crippen LogP contribution in [0.1, 0.15) is 30.1 Å². The predicted molar refractivity (Wildman–Crippen MR) is 76.3 cm³/mol. The molecule has 1 saturated heterocycles. The first-order chi connectivity index (χ1) is 9.25. The van der Waals surface area contributed by atoms with Crippen LogP contribution in [0, 0.1) is 5.41 Å². The molecular formula is C16H18N2O. The van der Waals surface area contributed by atoms with E-state index in [1.54, 1.807) is 6.20 Å². The lowest BCUT2D eigenvalue weighted by atomic mass is 9.77. The summed E-state index contributed by atoms with van der Waals surface area (Å²) in [6, 6.07) is 9.73. The van der Waals surface area contributed by atoms with Gasteiger partial charge in [-0.2, -0.15) is 0 Å². The number of ketones is 1. The number of pyridine rings is 1. The van der Waals surface area contributed by atoms with Gasteiger partial charge in [0.2, 0.25) is 0 Å². The molecule has 0 amide bonds. The lowest BCUT2D eigenvalue weighted by Gasteiger charge is -2.25. The van der Waals surface area contributed by atoms with Gasteiger partial charge in [0, 0.05) is 29.1 Å². The van der Waals surface area contributed by atoms with Crippen molar-refractivity contribution in [1.82, 2.24) is 10.3 Å². The van der Waals surface area contributed by atoms with Gasteiger partial charge in [0.05, 0.1) is 5.52 Å². The van der Waals surface area contributed by atoms with Gasteiger partial charge in [-0.05, 0) is 43.7 Å². The van der Waals surface area contributed by atoms with Crippen molar-refractivity contribution in [3.63, 3.8) is 0 Å². The Kier molecular flexibility index (Phi) is 3.07. The molecule has 3 rings (SSSR count). The largest absolute Gasteiger partial charge is 0.316 e. The monoisotopic (exact) mass is 254 g/mol. The first-order valence-corrected chi connectivity index (χ1v) is 6.85. The first kappa shape index (κ1) is 12.3. The fourth-order valence-corrected chi connectivity index (χ4v) is 2.92. The number of nitrogens with zero attached hydrogens (tertiary/aromatic N) is 1. The SMILES string of the molecule is CCC1(C(=O)c2ccc3ncccc3c2)CCNC1. The van der Waals surface area contributed by atoms with Crippen molar-refractivity contribution in [3.8, 4) is 0 Å². The van der Waals surface area contributed by atoms with Crippen LogP contribution in [0.3, 0.4) is 0 Å². The molecule has 2 aromatic rings. The van der Waals surface area contributed by atoms with E-state index in [2.05, 4.69) is 17.2 Å².